The van der Waals surface area contributed by atoms with Gasteiger partial charge in [0.1, 0.15) is 0 Å². The molecule has 0 unspecified atom stereocenters. The smallest absolute Gasteiger partial charge is 0.153 e. The molecule has 0 spiro atoms. The Hall–Kier alpha value is -0.670. The molecular formula is C9H13NO2. The van der Waals surface area contributed by atoms with E-state index in [-0.39, 0.29) is 29.6 Å². The van der Waals surface area contributed by atoms with Crippen molar-refractivity contribution in [3.8, 4) is 0 Å². The predicted molar refractivity (Wildman–Crippen MR) is 44.3 cm³/mol. The van der Waals surface area contributed by atoms with E-state index in [1.54, 1.807) is 13.0 Å². The van der Waals surface area contributed by atoms with Gasteiger partial charge in [0, 0.05) is 11.8 Å². The second kappa shape index (κ2) is 2.41. The number of ketones is 1. The molecule has 0 bridgehead atoms. The molecule has 0 aromatic heterocycles. The van der Waals surface area contributed by atoms with Crippen molar-refractivity contribution in [2.45, 2.75) is 19.1 Å². The largest absolute Gasteiger partial charge is 0.389 e. The molecule has 0 saturated heterocycles. The molecule has 0 heterocycles. The van der Waals surface area contributed by atoms with Crippen molar-refractivity contribution in [2.75, 3.05) is 0 Å². The van der Waals surface area contributed by atoms with Gasteiger partial charge in [-0.25, -0.2) is 0 Å². The first kappa shape index (κ1) is 7.95. The third-order valence-electron chi connectivity index (χ3n) is 2.84. The Morgan fingerprint density at radius 1 is 1.58 bits per heavy atom. The van der Waals surface area contributed by atoms with Gasteiger partial charge in [0.2, 0.25) is 0 Å². The SMILES string of the molecule is C[C@H](N)C(=O)[C@@H]1[C@H]2C=C[C@H](O)[C@H]21. The van der Waals surface area contributed by atoms with Crippen LogP contribution in [-0.2, 0) is 4.79 Å². The second-order valence-corrected chi connectivity index (χ2v) is 3.75. The molecule has 1 fully saturated rings. The average Bonchev–Trinajstić information content (AvgIpc) is 2.62. The van der Waals surface area contributed by atoms with Gasteiger partial charge in [-0.1, -0.05) is 12.2 Å². The number of aliphatic hydroxyl groups is 1. The second-order valence-electron chi connectivity index (χ2n) is 3.75. The highest BCUT2D eigenvalue weighted by Crippen LogP contribution is 2.54. The number of fused-ring (bicyclic) bond motifs is 1. The van der Waals surface area contributed by atoms with Gasteiger partial charge in [0.15, 0.2) is 5.78 Å². The van der Waals surface area contributed by atoms with Crippen molar-refractivity contribution in [3.63, 3.8) is 0 Å². The molecule has 66 valence electrons. The van der Waals surface area contributed by atoms with Crippen molar-refractivity contribution < 1.29 is 9.90 Å². The van der Waals surface area contributed by atoms with Crippen LogP contribution in [0, 0.1) is 17.8 Å². The molecule has 0 aromatic rings. The number of carbonyl (C=O) groups is 1. The van der Waals surface area contributed by atoms with Crippen molar-refractivity contribution >= 4 is 5.78 Å². The van der Waals surface area contributed by atoms with Crippen LogP contribution >= 0.6 is 0 Å². The zero-order valence-electron chi connectivity index (χ0n) is 6.97. The van der Waals surface area contributed by atoms with E-state index < -0.39 is 6.10 Å². The van der Waals surface area contributed by atoms with E-state index >= 15 is 0 Å². The first-order valence-electron chi connectivity index (χ1n) is 4.28. The summed E-state index contributed by atoms with van der Waals surface area (Å²) in [4.78, 5) is 11.4. The molecule has 0 aromatic carbocycles. The Bertz CT molecular complexity index is 247. The van der Waals surface area contributed by atoms with E-state index in [4.69, 9.17) is 5.73 Å². The maximum absolute atomic E-state index is 11.4. The Kier molecular flexibility index (Phi) is 1.59. The standard InChI is InChI=1S/C9H13NO2/c1-4(10)9(12)8-5-2-3-6(11)7(5)8/h2-8,11H,10H2,1H3/t4-,5-,6-,7-,8+/m0/s1. The Labute approximate surface area is 71.3 Å². The monoisotopic (exact) mass is 167 g/mol. The van der Waals surface area contributed by atoms with Gasteiger partial charge in [0.25, 0.3) is 0 Å². The zero-order valence-corrected chi connectivity index (χ0v) is 6.97. The van der Waals surface area contributed by atoms with Crippen molar-refractivity contribution in [1.29, 1.82) is 0 Å². The fourth-order valence-electron chi connectivity index (χ4n) is 2.10. The van der Waals surface area contributed by atoms with Crippen LogP contribution in [0.5, 0.6) is 0 Å². The van der Waals surface area contributed by atoms with Crippen LogP contribution in [-0.4, -0.2) is 23.0 Å². The molecule has 0 amide bonds. The number of nitrogens with two attached hydrogens (primary N) is 1. The van der Waals surface area contributed by atoms with E-state index in [1.807, 2.05) is 6.08 Å². The normalized spacial score (nSPS) is 45.6. The van der Waals surface area contributed by atoms with Crippen LogP contribution in [0.4, 0.5) is 0 Å². The number of allylic oxidation sites excluding steroid dienone is 1. The maximum Gasteiger partial charge on any atom is 0.153 e. The molecule has 2 aliphatic rings. The Morgan fingerprint density at radius 3 is 2.67 bits per heavy atom. The predicted octanol–water partition coefficient (Wildman–Crippen LogP) is -0.304. The fraction of sp³-hybridized carbons (Fsp3) is 0.667. The van der Waals surface area contributed by atoms with Crippen molar-refractivity contribution in [2.24, 2.45) is 23.5 Å². The Balaban J connectivity index is 2.04. The van der Waals surface area contributed by atoms with Gasteiger partial charge in [-0.3, -0.25) is 4.79 Å². The summed E-state index contributed by atoms with van der Waals surface area (Å²) in [6.45, 7) is 1.70. The van der Waals surface area contributed by atoms with Gasteiger partial charge in [0.05, 0.1) is 12.1 Å². The molecule has 3 nitrogen and oxygen atoms in total. The Morgan fingerprint density at radius 2 is 2.25 bits per heavy atom. The molecule has 1 saturated carbocycles. The summed E-state index contributed by atoms with van der Waals surface area (Å²) in [5.74, 6) is 0.514. The average molecular weight is 167 g/mol. The number of aliphatic hydroxyl groups excluding tert-OH is 1. The lowest BCUT2D eigenvalue weighted by Gasteiger charge is -2.05. The molecule has 3 N–H and O–H groups in total. The zero-order chi connectivity index (χ0) is 8.88. The summed E-state index contributed by atoms with van der Waals surface area (Å²) < 4.78 is 0. The summed E-state index contributed by atoms with van der Waals surface area (Å²) in [7, 11) is 0. The van der Waals surface area contributed by atoms with Gasteiger partial charge < -0.3 is 10.8 Å². The third-order valence-corrected chi connectivity index (χ3v) is 2.84. The molecular weight excluding hydrogens is 154 g/mol. The molecule has 0 radical (unpaired) electrons. The first-order chi connectivity index (χ1) is 5.63. The van der Waals surface area contributed by atoms with Crippen LogP contribution in [0.15, 0.2) is 12.2 Å². The number of carbonyl (C=O) groups excluding carboxylic acids is 1. The molecule has 3 heteroatoms. The van der Waals surface area contributed by atoms with Crippen LogP contribution < -0.4 is 5.73 Å². The highest BCUT2D eigenvalue weighted by Gasteiger charge is 2.58. The van der Waals surface area contributed by atoms with Crippen LogP contribution in [0.3, 0.4) is 0 Å². The van der Waals surface area contributed by atoms with E-state index in [0.717, 1.165) is 0 Å². The topological polar surface area (TPSA) is 63.3 Å². The lowest BCUT2D eigenvalue weighted by atomic mass is 10.1. The summed E-state index contributed by atoms with van der Waals surface area (Å²) in [6, 6.07) is -0.388. The van der Waals surface area contributed by atoms with Crippen molar-refractivity contribution in [3.05, 3.63) is 12.2 Å². The number of hydrogen-bond acceptors (Lipinski definition) is 3. The van der Waals surface area contributed by atoms with E-state index in [2.05, 4.69) is 0 Å². The molecule has 5 atom stereocenters. The lowest BCUT2D eigenvalue weighted by Crippen LogP contribution is -2.30. The summed E-state index contributed by atoms with van der Waals surface area (Å²) in [5, 5.41) is 9.36. The van der Waals surface area contributed by atoms with E-state index in [1.165, 1.54) is 0 Å². The lowest BCUT2D eigenvalue weighted by molar-refractivity contribution is -0.121. The highest BCUT2D eigenvalue weighted by atomic mass is 16.3. The first-order valence-corrected chi connectivity index (χ1v) is 4.28. The number of rotatable bonds is 2. The summed E-state index contributed by atoms with van der Waals surface area (Å²) in [6.07, 6.45) is 3.28. The minimum atomic E-state index is -0.414. The minimum absolute atomic E-state index is 0.00463. The molecule has 2 aliphatic carbocycles. The van der Waals surface area contributed by atoms with Gasteiger partial charge >= 0.3 is 0 Å². The number of Topliss-reactive ketones (excluding diaryl/α,β-unsaturated/α-hetero) is 1. The summed E-state index contributed by atoms with van der Waals surface area (Å²) in [5.41, 5.74) is 5.47. The minimum Gasteiger partial charge on any atom is -0.389 e. The molecule has 0 aliphatic heterocycles. The third kappa shape index (κ3) is 0.934. The van der Waals surface area contributed by atoms with Gasteiger partial charge in [-0.2, -0.15) is 0 Å². The van der Waals surface area contributed by atoms with Crippen molar-refractivity contribution in [1.82, 2.24) is 0 Å². The van der Waals surface area contributed by atoms with E-state index in [9.17, 15) is 9.90 Å². The van der Waals surface area contributed by atoms with Gasteiger partial charge in [-0.05, 0) is 12.8 Å². The molecule has 12 heavy (non-hydrogen) atoms. The molecule has 2 rings (SSSR count). The van der Waals surface area contributed by atoms with Crippen LogP contribution in [0.25, 0.3) is 0 Å². The number of hydrogen-bond donors (Lipinski definition) is 2. The van der Waals surface area contributed by atoms with Gasteiger partial charge in [-0.15, -0.1) is 0 Å². The quantitative estimate of drug-likeness (QED) is 0.555. The van der Waals surface area contributed by atoms with Crippen LogP contribution in [0.2, 0.25) is 0 Å². The summed E-state index contributed by atoms with van der Waals surface area (Å²) >= 11 is 0. The van der Waals surface area contributed by atoms with Crippen LogP contribution in [0.1, 0.15) is 6.92 Å². The highest BCUT2D eigenvalue weighted by molar-refractivity contribution is 5.89. The maximum atomic E-state index is 11.4. The van der Waals surface area contributed by atoms with E-state index in [0.29, 0.717) is 0 Å². The fourth-order valence-corrected chi connectivity index (χ4v) is 2.10.